The first-order chi connectivity index (χ1) is 9.97. The number of Topliss-reactive ketones (excluding diaryl/α,β-unsaturated/α-hetero) is 1. The highest BCUT2D eigenvalue weighted by atomic mass is 79.9. The number of para-hydroxylation sites is 1. The van der Waals surface area contributed by atoms with Crippen molar-refractivity contribution in [2.24, 2.45) is 0 Å². The molecule has 0 aromatic heterocycles. The van der Waals surface area contributed by atoms with Gasteiger partial charge in [-0.15, -0.1) is 0 Å². The van der Waals surface area contributed by atoms with Crippen molar-refractivity contribution in [2.45, 2.75) is 6.54 Å². The largest absolute Gasteiger partial charge is 0.299 e. The zero-order valence-corrected chi connectivity index (χ0v) is 12.2. The molecule has 0 spiro atoms. The highest BCUT2D eigenvalue weighted by molar-refractivity contribution is 9.10. The predicted octanol–water partition coefficient (Wildman–Crippen LogP) is 3.46. The number of carbonyl (C=O) groups is 2. The van der Waals surface area contributed by atoms with Gasteiger partial charge in [-0.1, -0.05) is 6.07 Å². The number of nitrogens with zero attached hydrogens (tertiary/aromatic N) is 1. The molecule has 21 heavy (non-hydrogen) atoms. The average Bonchev–Trinajstić information content (AvgIpc) is 2.64. The third kappa shape index (κ3) is 2.35. The van der Waals surface area contributed by atoms with Crippen LogP contribution in [0.5, 0.6) is 0 Å². The number of fused-ring (bicyclic) bond motifs is 1. The Hall–Kier alpha value is -2.08. The summed E-state index contributed by atoms with van der Waals surface area (Å²) in [6, 6.07) is 7.92. The van der Waals surface area contributed by atoms with Crippen LogP contribution in [-0.4, -0.2) is 11.7 Å². The van der Waals surface area contributed by atoms with Gasteiger partial charge in [-0.2, -0.15) is 0 Å². The van der Waals surface area contributed by atoms with Gasteiger partial charge in [0.05, 0.1) is 17.8 Å². The van der Waals surface area contributed by atoms with Crippen LogP contribution in [0.25, 0.3) is 0 Å². The van der Waals surface area contributed by atoms with E-state index in [1.165, 1.54) is 4.90 Å². The zero-order chi connectivity index (χ0) is 15.1. The SMILES string of the molecule is O=C1C(=O)N(Cc2cc(F)cc(F)c2)c2c(Br)cccc21. The molecular formula is C15H8BrF2NO2. The first-order valence-electron chi connectivity index (χ1n) is 6.07. The Kier molecular flexibility index (Phi) is 3.33. The van der Waals surface area contributed by atoms with Gasteiger partial charge in [0.1, 0.15) is 11.6 Å². The van der Waals surface area contributed by atoms with Crippen LogP contribution in [0.4, 0.5) is 14.5 Å². The van der Waals surface area contributed by atoms with Crippen molar-refractivity contribution in [1.29, 1.82) is 0 Å². The van der Waals surface area contributed by atoms with Crippen molar-refractivity contribution in [2.75, 3.05) is 4.90 Å². The van der Waals surface area contributed by atoms with Crippen molar-refractivity contribution in [3.05, 3.63) is 63.6 Å². The maximum Gasteiger partial charge on any atom is 0.299 e. The quantitative estimate of drug-likeness (QED) is 0.777. The Morgan fingerprint density at radius 1 is 1.05 bits per heavy atom. The molecule has 1 heterocycles. The summed E-state index contributed by atoms with van der Waals surface area (Å²) in [4.78, 5) is 25.2. The maximum absolute atomic E-state index is 13.2. The van der Waals surface area contributed by atoms with Gasteiger partial charge in [-0.05, 0) is 45.8 Å². The number of halogens is 3. The van der Waals surface area contributed by atoms with Gasteiger partial charge in [-0.3, -0.25) is 14.5 Å². The summed E-state index contributed by atoms with van der Waals surface area (Å²) >= 11 is 3.29. The van der Waals surface area contributed by atoms with Gasteiger partial charge in [0.2, 0.25) is 0 Å². The number of carbonyl (C=O) groups excluding carboxylic acids is 2. The first-order valence-corrected chi connectivity index (χ1v) is 6.86. The molecule has 2 aromatic carbocycles. The molecule has 0 aliphatic carbocycles. The van der Waals surface area contributed by atoms with Gasteiger partial charge in [0, 0.05) is 10.5 Å². The fourth-order valence-electron chi connectivity index (χ4n) is 2.35. The van der Waals surface area contributed by atoms with Gasteiger partial charge < -0.3 is 0 Å². The number of amides is 1. The Morgan fingerprint density at radius 3 is 2.38 bits per heavy atom. The molecule has 0 bridgehead atoms. The molecule has 1 amide bonds. The van der Waals surface area contributed by atoms with Crippen LogP contribution in [0.1, 0.15) is 15.9 Å². The van der Waals surface area contributed by atoms with E-state index in [2.05, 4.69) is 15.9 Å². The molecule has 0 N–H and O–H groups in total. The third-order valence-corrected chi connectivity index (χ3v) is 3.84. The van der Waals surface area contributed by atoms with Crippen LogP contribution in [0, 0.1) is 11.6 Å². The molecule has 1 aliphatic rings. The molecule has 2 aromatic rings. The van der Waals surface area contributed by atoms with Gasteiger partial charge in [0.25, 0.3) is 11.7 Å². The Morgan fingerprint density at radius 2 is 1.71 bits per heavy atom. The molecule has 0 saturated carbocycles. The minimum atomic E-state index is -0.727. The highest BCUT2D eigenvalue weighted by Crippen LogP contribution is 2.36. The molecule has 0 atom stereocenters. The summed E-state index contributed by atoms with van der Waals surface area (Å²) in [6.45, 7) is -0.0745. The lowest BCUT2D eigenvalue weighted by Crippen LogP contribution is -2.29. The lowest BCUT2D eigenvalue weighted by atomic mass is 10.1. The second kappa shape index (κ2) is 5.04. The van der Waals surface area contributed by atoms with E-state index in [9.17, 15) is 18.4 Å². The van der Waals surface area contributed by atoms with E-state index in [1.807, 2.05) is 0 Å². The third-order valence-electron chi connectivity index (χ3n) is 3.20. The van der Waals surface area contributed by atoms with E-state index in [0.29, 0.717) is 10.2 Å². The lowest BCUT2D eigenvalue weighted by molar-refractivity contribution is -0.114. The molecule has 0 unspecified atom stereocenters. The maximum atomic E-state index is 13.2. The fourth-order valence-corrected chi connectivity index (χ4v) is 2.93. The van der Waals surface area contributed by atoms with E-state index < -0.39 is 23.3 Å². The Balaban J connectivity index is 2.04. The summed E-state index contributed by atoms with van der Waals surface area (Å²) in [7, 11) is 0. The number of benzene rings is 2. The Bertz CT molecular complexity index is 756. The van der Waals surface area contributed by atoms with Crippen LogP contribution in [0.3, 0.4) is 0 Å². The zero-order valence-electron chi connectivity index (χ0n) is 10.6. The summed E-state index contributed by atoms with van der Waals surface area (Å²) in [5, 5.41) is 0. The molecule has 0 fully saturated rings. The van der Waals surface area contributed by atoms with Crippen LogP contribution in [-0.2, 0) is 11.3 Å². The standard InChI is InChI=1S/C15H8BrF2NO2/c16-12-3-1-2-11-13(12)19(15(21)14(11)20)7-8-4-9(17)6-10(18)5-8/h1-6H,7H2. The van der Waals surface area contributed by atoms with Crippen LogP contribution >= 0.6 is 15.9 Å². The number of ketones is 1. The van der Waals surface area contributed by atoms with Crippen LogP contribution in [0.15, 0.2) is 40.9 Å². The molecule has 6 heteroatoms. The average molecular weight is 352 g/mol. The minimum Gasteiger partial charge on any atom is -0.299 e. The molecule has 0 radical (unpaired) electrons. The smallest absolute Gasteiger partial charge is 0.299 e. The lowest BCUT2D eigenvalue weighted by Gasteiger charge is -2.18. The van der Waals surface area contributed by atoms with Crippen LogP contribution < -0.4 is 4.90 Å². The van der Waals surface area contributed by atoms with Crippen molar-refractivity contribution in [1.82, 2.24) is 0 Å². The normalized spacial score (nSPS) is 13.8. The summed E-state index contributed by atoms with van der Waals surface area (Å²) < 4.78 is 27.0. The summed E-state index contributed by atoms with van der Waals surface area (Å²) in [5.41, 5.74) is 0.987. The van der Waals surface area contributed by atoms with E-state index in [1.54, 1.807) is 18.2 Å². The number of hydrogen-bond acceptors (Lipinski definition) is 2. The molecule has 0 saturated heterocycles. The molecule has 106 valence electrons. The van der Waals surface area contributed by atoms with E-state index in [4.69, 9.17) is 0 Å². The fraction of sp³-hybridized carbons (Fsp3) is 0.0667. The number of hydrogen-bond donors (Lipinski definition) is 0. The summed E-state index contributed by atoms with van der Waals surface area (Å²) in [5.74, 6) is -2.78. The topological polar surface area (TPSA) is 37.4 Å². The van der Waals surface area contributed by atoms with Gasteiger partial charge in [-0.25, -0.2) is 8.78 Å². The van der Waals surface area contributed by atoms with E-state index >= 15 is 0 Å². The second-order valence-corrected chi connectivity index (χ2v) is 5.49. The monoisotopic (exact) mass is 351 g/mol. The molecule has 3 nitrogen and oxygen atoms in total. The van der Waals surface area contributed by atoms with Gasteiger partial charge >= 0.3 is 0 Å². The highest BCUT2D eigenvalue weighted by Gasteiger charge is 2.37. The Labute approximate surface area is 127 Å². The van der Waals surface area contributed by atoms with Crippen molar-refractivity contribution < 1.29 is 18.4 Å². The minimum absolute atomic E-state index is 0.0745. The molecule has 1 aliphatic heterocycles. The van der Waals surface area contributed by atoms with Crippen molar-refractivity contribution in [3.63, 3.8) is 0 Å². The van der Waals surface area contributed by atoms with Crippen molar-refractivity contribution in [3.8, 4) is 0 Å². The molecule has 3 rings (SSSR count). The van der Waals surface area contributed by atoms with E-state index in [0.717, 1.165) is 18.2 Å². The van der Waals surface area contributed by atoms with E-state index in [-0.39, 0.29) is 17.7 Å². The van der Waals surface area contributed by atoms with Crippen molar-refractivity contribution >= 4 is 33.3 Å². The second-order valence-electron chi connectivity index (χ2n) is 4.63. The van der Waals surface area contributed by atoms with Crippen LogP contribution in [0.2, 0.25) is 0 Å². The summed E-state index contributed by atoms with van der Waals surface area (Å²) in [6.07, 6.45) is 0. The predicted molar refractivity (Wildman–Crippen MR) is 76.0 cm³/mol. The number of rotatable bonds is 2. The van der Waals surface area contributed by atoms with Gasteiger partial charge in [0.15, 0.2) is 0 Å². The molecular weight excluding hydrogens is 344 g/mol. The first kappa shape index (κ1) is 13.9. The number of anilines is 1.